The summed E-state index contributed by atoms with van der Waals surface area (Å²) < 4.78 is 0. The lowest BCUT2D eigenvalue weighted by Crippen LogP contribution is -2.36. The predicted octanol–water partition coefficient (Wildman–Crippen LogP) is 0.579. The van der Waals surface area contributed by atoms with Crippen molar-refractivity contribution >= 4 is 0 Å². The zero-order valence-electron chi connectivity index (χ0n) is 7.15. The quantitative estimate of drug-likeness (QED) is 0.519. The zero-order valence-corrected chi connectivity index (χ0v) is 7.15. The van der Waals surface area contributed by atoms with Gasteiger partial charge in [-0.15, -0.1) is 0 Å². The molecule has 1 rings (SSSR count). The summed E-state index contributed by atoms with van der Waals surface area (Å²) in [5.74, 6) is 0.646. The van der Waals surface area contributed by atoms with Gasteiger partial charge in [-0.1, -0.05) is 20.8 Å². The Morgan fingerprint density at radius 3 is 2.10 bits per heavy atom. The second-order valence-electron chi connectivity index (χ2n) is 4.29. The zero-order chi connectivity index (χ0) is 7.78. The molecule has 1 heterocycles. The Morgan fingerprint density at radius 2 is 1.90 bits per heavy atom. The summed E-state index contributed by atoms with van der Waals surface area (Å²) in [6.45, 7) is 8.84. The van der Waals surface area contributed by atoms with Gasteiger partial charge in [0.25, 0.3) is 0 Å². The highest BCUT2D eigenvalue weighted by Crippen LogP contribution is 2.29. The second kappa shape index (κ2) is 2.51. The molecule has 0 aromatic carbocycles. The van der Waals surface area contributed by atoms with E-state index in [2.05, 4.69) is 26.1 Å². The van der Waals surface area contributed by atoms with Crippen LogP contribution in [0.15, 0.2) is 0 Å². The summed E-state index contributed by atoms with van der Waals surface area (Å²) in [5.41, 5.74) is 6.27. The summed E-state index contributed by atoms with van der Waals surface area (Å²) in [5, 5.41) is 3.30. The average molecular weight is 142 g/mol. The van der Waals surface area contributed by atoms with Crippen LogP contribution in [0.5, 0.6) is 0 Å². The normalized spacial score (nSPS) is 34.8. The van der Waals surface area contributed by atoms with Crippen molar-refractivity contribution in [2.45, 2.75) is 26.8 Å². The molecule has 1 aliphatic heterocycles. The minimum atomic E-state index is 0.361. The molecule has 3 N–H and O–H groups in total. The minimum absolute atomic E-state index is 0.361. The first kappa shape index (κ1) is 8.02. The fourth-order valence-electron chi connectivity index (χ4n) is 1.65. The van der Waals surface area contributed by atoms with Gasteiger partial charge in [-0.3, -0.25) is 0 Å². The molecule has 60 valence electrons. The summed E-state index contributed by atoms with van der Waals surface area (Å²) in [7, 11) is 0. The van der Waals surface area contributed by atoms with Crippen LogP contribution in [0.2, 0.25) is 0 Å². The molecule has 0 aromatic rings. The molecular formula is C8H18N2. The van der Waals surface area contributed by atoms with Gasteiger partial charge >= 0.3 is 0 Å². The molecule has 0 radical (unpaired) electrons. The van der Waals surface area contributed by atoms with E-state index in [-0.39, 0.29) is 0 Å². The van der Waals surface area contributed by atoms with Gasteiger partial charge in [-0.2, -0.15) is 0 Å². The number of rotatable bonds is 0. The lowest BCUT2D eigenvalue weighted by molar-refractivity contribution is 0.240. The molecule has 0 amide bonds. The van der Waals surface area contributed by atoms with E-state index < -0.39 is 0 Å². The van der Waals surface area contributed by atoms with Crippen molar-refractivity contribution in [2.24, 2.45) is 17.1 Å². The molecule has 2 unspecified atom stereocenters. The average Bonchev–Trinajstić information content (AvgIpc) is 2.11. The van der Waals surface area contributed by atoms with Gasteiger partial charge in [0, 0.05) is 19.1 Å². The molecule has 2 nitrogen and oxygen atoms in total. The summed E-state index contributed by atoms with van der Waals surface area (Å²) >= 11 is 0. The fraction of sp³-hybridized carbons (Fsp3) is 1.00. The van der Waals surface area contributed by atoms with E-state index in [1.807, 2.05) is 0 Å². The Morgan fingerprint density at radius 1 is 1.30 bits per heavy atom. The van der Waals surface area contributed by atoms with Gasteiger partial charge in [0.15, 0.2) is 0 Å². The van der Waals surface area contributed by atoms with Crippen molar-refractivity contribution < 1.29 is 0 Å². The fourth-order valence-corrected chi connectivity index (χ4v) is 1.65. The SMILES string of the molecule is CC(C)(C)C1CNCC1N. The van der Waals surface area contributed by atoms with Crippen LogP contribution >= 0.6 is 0 Å². The van der Waals surface area contributed by atoms with Gasteiger partial charge in [0.2, 0.25) is 0 Å². The summed E-state index contributed by atoms with van der Waals surface area (Å²) in [6, 6.07) is 0.361. The molecule has 1 fully saturated rings. The summed E-state index contributed by atoms with van der Waals surface area (Å²) in [6.07, 6.45) is 0. The third-order valence-electron chi connectivity index (χ3n) is 2.37. The highest BCUT2D eigenvalue weighted by atomic mass is 15.0. The third-order valence-corrected chi connectivity index (χ3v) is 2.37. The van der Waals surface area contributed by atoms with Crippen molar-refractivity contribution in [2.75, 3.05) is 13.1 Å². The molecule has 10 heavy (non-hydrogen) atoms. The molecule has 1 aliphatic rings. The Hall–Kier alpha value is -0.0800. The van der Waals surface area contributed by atoms with Gasteiger partial charge in [0.05, 0.1) is 0 Å². The maximum atomic E-state index is 5.90. The highest BCUT2D eigenvalue weighted by Gasteiger charge is 2.33. The van der Waals surface area contributed by atoms with Gasteiger partial charge < -0.3 is 11.1 Å². The predicted molar refractivity (Wildman–Crippen MR) is 43.8 cm³/mol. The van der Waals surface area contributed by atoms with Gasteiger partial charge in [0.1, 0.15) is 0 Å². The van der Waals surface area contributed by atoms with E-state index in [0.717, 1.165) is 13.1 Å². The van der Waals surface area contributed by atoms with E-state index in [9.17, 15) is 0 Å². The van der Waals surface area contributed by atoms with E-state index in [1.54, 1.807) is 0 Å². The summed E-state index contributed by atoms with van der Waals surface area (Å²) in [4.78, 5) is 0. The molecule has 0 bridgehead atoms. The molecule has 0 saturated carbocycles. The van der Waals surface area contributed by atoms with E-state index in [0.29, 0.717) is 17.4 Å². The third kappa shape index (κ3) is 1.50. The largest absolute Gasteiger partial charge is 0.326 e. The molecule has 1 saturated heterocycles. The van der Waals surface area contributed by atoms with Crippen molar-refractivity contribution in [1.29, 1.82) is 0 Å². The molecule has 0 spiro atoms. The van der Waals surface area contributed by atoms with Crippen molar-refractivity contribution in [3.63, 3.8) is 0 Å². The Bertz CT molecular complexity index is 115. The lowest BCUT2D eigenvalue weighted by atomic mass is 9.78. The van der Waals surface area contributed by atoms with Crippen LogP contribution < -0.4 is 11.1 Å². The molecular weight excluding hydrogens is 124 g/mol. The van der Waals surface area contributed by atoms with Crippen molar-refractivity contribution in [1.82, 2.24) is 5.32 Å². The van der Waals surface area contributed by atoms with Gasteiger partial charge in [-0.25, -0.2) is 0 Å². The van der Waals surface area contributed by atoms with Crippen LogP contribution in [0.25, 0.3) is 0 Å². The van der Waals surface area contributed by atoms with Crippen molar-refractivity contribution in [3.05, 3.63) is 0 Å². The minimum Gasteiger partial charge on any atom is -0.326 e. The van der Waals surface area contributed by atoms with Gasteiger partial charge in [-0.05, 0) is 11.3 Å². The van der Waals surface area contributed by atoms with Crippen LogP contribution in [0.4, 0.5) is 0 Å². The molecule has 0 aromatic heterocycles. The van der Waals surface area contributed by atoms with Crippen LogP contribution in [-0.2, 0) is 0 Å². The Balaban J connectivity index is 2.55. The monoisotopic (exact) mass is 142 g/mol. The second-order valence-corrected chi connectivity index (χ2v) is 4.29. The highest BCUT2D eigenvalue weighted by molar-refractivity contribution is 4.90. The smallest absolute Gasteiger partial charge is 0.0211 e. The van der Waals surface area contributed by atoms with Crippen molar-refractivity contribution in [3.8, 4) is 0 Å². The maximum absolute atomic E-state index is 5.90. The molecule has 2 atom stereocenters. The topological polar surface area (TPSA) is 38.0 Å². The Labute approximate surface area is 63.2 Å². The molecule has 2 heteroatoms. The first-order chi connectivity index (χ1) is 4.52. The first-order valence-electron chi connectivity index (χ1n) is 3.98. The van der Waals surface area contributed by atoms with E-state index in [4.69, 9.17) is 5.73 Å². The van der Waals surface area contributed by atoms with Crippen LogP contribution in [0.1, 0.15) is 20.8 Å². The number of nitrogens with one attached hydrogen (secondary N) is 1. The Kier molecular flexibility index (Phi) is 2.02. The van der Waals surface area contributed by atoms with Crippen LogP contribution in [0, 0.1) is 11.3 Å². The van der Waals surface area contributed by atoms with Crippen LogP contribution in [0.3, 0.4) is 0 Å². The number of hydrogen-bond donors (Lipinski definition) is 2. The molecule has 0 aliphatic carbocycles. The number of hydrogen-bond acceptors (Lipinski definition) is 2. The number of nitrogens with two attached hydrogens (primary N) is 1. The van der Waals surface area contributed by atoms with E-state index >= 15 is 0 Å². The standard InChI is InChI=1S/C8H18N2/c1-8(2,3)6-4-10-5-7(6)9/h6-7,10H,4-5,9H2,1-3H3. The lowest BCUT2D eigenvalue weighted by Gasteiger charge is -2.29. The first-order valence-corrected chi connectivity index (χ1v) is 3.98. The van der Waals surface area contributed by atoms with Crippen LogP contribution in [-0.4, -0.2) is 19.1 Å². The van der Waals surface area contributed by atoms with E-state index in [1.165, 1.54) is 0 Å². The maximum Gasteiger partial charge on any atom is 0.0211 e.